The van der Waals surface area contributed by atoms with Crippen molar-refractivity contribution in [2.75, 3.05) is 17.7 Å². The van der Waals surface area contributed by atoms with Gasteiger partial charge in [0.1, 0.15) is 11.2 Å². The lowest BCUT2D eigenvalue weighted by Crippen LogP contribution is -2.33. The first-order chi connectivity index (χ1) is 21.6. The molecule has 7 rings (SSSR count). The number of thiazole rings is 1. The van der Waals surface area contributed by atoms with Crippen LogP contribution in [0.15, 0.2) is 103 Å². The van der Waals surface area contributed by atoms with E-state index in [9.17, 15) is 0 Å². The molecule has 44 heavy (non-hydrogen) atoms. The number of anilines is 1. The van der Waals surface area contributed by atoms with Gasteiger partial charge in [-0.3, -0.25) is 0 Å². The Morgan fingerprint density at radius 3 is 2.39 bits per heavy atom. The van der Waals surface area contributed by atoms with Crippen LogP contribution in [0.5, 0.6) is 0 Å². The number of hydrogen-bond donors (Lipinski definition) is 0. The zero-order chi connectivity index (χ0) is 30.0. The summed E-state index contributed by atoms with van der Waals surface area (Å²) in [4.78, 5) is 8.15. The molecule has 0 unspecified atom stereocenters. The molecule has 1 aromatic heterocycles. The van der Waals surface area contributed by atoms with Crippen LogP contribution in [0.1, 0.15) is 63.8 Å². The van der Waals surface area contributed by atoms with Crippen molar-refractivity contribution >= 4 is 80.4 Å². The Morgan fingerprint density at radius 2 is 1.66 bits per heavy atom. The van der Waals surface area contributed by atoms with Gasteiger partial charge in [-0.2, -0.15) is 4.57 Å². The first-order valence-corrected chi connectivity index (χ1v) is 20.7. The third-order valence-electron chi connectivity index (χ3n) is 8.44. The van der Waals surface area contributed by atoms with Gasteiger partial charge < -0.3 is 4.90 Å². The summed E-state index contributed by atoms with van der Waals surface area (Å²) in [5, 5.41) is 4.34. The highest BCUT2D eigenvalue weighted by atomic mass is 32.2. The topological polar surface area (TPSA) is 7.12 Å². The van der Waals surface area contributed by atoms with Crippen molar-refractivity contribution in [1.82, 2.24) is 0 Å². The Balaban J connectivity index is 1.08. The minimum atomic E-state index is 0.839. The van der Waals surface area contributed by atoms with Gasteiger partial charge in [0.05, 0.1) is 10.7 Å². The molecule has 228 valence electrons. The molecule has 0 bridgehead atoms. The maximum atomic E-state index is 2.48. The first-order valence-electron chi connectivity index (χ1n) is 16.1. The number of fused-ring (bicyclic) bond motifs is 2. The zero-order valence-corrected chi connectivity index (χ0v) is 30.0. The van der Waals surface area contributed by atoms with Crippen LogP contribution >= 0.6 is 58.4 Å². The van der Waals surface area contributed by atoms with Crippen molar-refractivity contribution < 1.29 is 4.57 Å². The van der Waals surface area contributed by atoms with E-state index in [1.807, 2.05) is 34.9 Å². The van der Waals surface area contributed by atoms with Gasteiger partial charge >= 0.3 is 0 Å². The fourth-order valence-corrected chi connectivity index (χ4v) is 11.2. The summed E-state index contributed by atoms with van der Waals surface area (Å²) >= 11 is 9.82. The highest BCUT2D eigenvalue weighted by Gasteiger charge is 2.27. The molecule has 0 radical (unpaired) electrons. The van der Waals surface area contributed by atoms with Crippen LogP contribution in [0.25, 0.3) is 16.3 Å². The molecule has 0 saturated heterocycles. The minimum Gasteiger partial charge on any atom is -0.335 e. The molecular formula is C37H41N2S5+. The van der Waals surface area contributed by atoms with E-state index in [0.29, 0.717) is 0 Å². The predicted molar refractivity (Wildman–Crippen MR) is 200 cm³/mol. The standard InChI is InChI=1S/C37H41N2S5/c1-4-38-31-23-29(41-27-15-16-27)19-21-33(31)43-35(38)13-7-11-25-9-6-10-26(37(25)40-3)12-8-14-36-39(5-2)32-24-30(42-28-17-18-28)20-22-34(32)44-36/h7-8,11-14,19-24,27-28H,4-6,9-10,15-18H2,1-3H3/q+1. The monoisotopic (exact) mass is 673 g/mol. The fraction of sp³-hybridized carbons (Fsp3) is 0.378. The summed E-state index contributed by atoms with van der Waals surface area (Å²) < 4.78 is 3.86. The van der Waals surface area contributed by atoms with Gasteiger partial charge in [0.2, 0.25) is 5.52 Å². The molecule has 0 amide bonds. The van der Waals surface area contributed by atoms with E-state index < -0.39 is 0 Å². The van der Waals surface area contributed by atoms with E-state index >= 15 is 0 Å². The molecule has 3 aliphatic carbocycles. The van der Waals surface area contributed by atoms with Crippen molar-refractivity contribution in [3.05, 3.63) is 92.9 Å². The van der Waals surface area contributed by atoms with E-state index in [4.69, 9.17) is 0 Å². The van der Waals surface area contributed by atoms with Crippen LogP contribution < -0.4 is 9.47 Å². The molecule has 0 N–H and O–H groups in total. The summed E-state index contributed by atoms with van der Waals surface area (Å²) in [6.07, 6.45) is 25.2. The molecule has 3 aromatic rings. The van der Waals surface area contributed by atoms with E-state index in [0.717, 1.165) is 36.4 Å². The van der Waals surface area contributed by atoms with Gasteiger partial charge in [-0.15, -0.1) is 35.3 Å². The van der Waals surface area contributed by atoms with Crippen molar-refractivity contribution in [1.29, 1.82) is 0 Å². The number of aromatic nitrogens is 1. The van der Waals surface area contributed by atoms with E-state index in [1.54, 1.807) is 0 Å². The van der Waals surface area contributed by atoms with Crippen LogP contribution in [-0.2, 0) is 6.54 Å². The Hall–Kier alpha value is -1.77. The smallest absolute Gasteiger partial charge is 0.262 e. The number of hydrogen-bond acceptors (Lipinski definition) is 6. The van der Waals surface area contributed by atoms with Gasteiger partial charge in [-0.1, -0.05) is 47.4 Å². The fourth-order valence-electron chi connectivity index (χ4n) is 5.94. The predicted octanol–water partition coefficient (Wildman–Crippen LogP) is 11.5. The third kappa shape index (κ3) is 6.97. The SMILES string of the molecule is CCN1C(=CC=CC2=C(SC)C(=CC=Cc3sc4ccc(SC5CC5)cc4[n+]3CC)CCC2)Sc2ccc(SC3CC3)cc21. The summed E-state index contributed by atoms with van der Waals surface area (Å²) in [6.45, 7) is 6.52. The number of rotatable bonds is 11. The molecule has 2 aromatic carbocycles. The van der Waals surface area contributed by atoms with Crippen LogP contribution in [0.4, 0.5) is 5.69 Å². The van der Waals surface area contributed by atoms with Crippen molar-refractivity contribution in [3.8, 4) is 0 Å². The van der Waals surface area contributed by atoms with Gasteiger partial charge in [0.25, 0.3) is 5.01 Å². The molecule has 1 aliphatic heterocycles. The first kappa shape index (κ1) is 30.9. The van der Waals surface area contributed by atoms with Gasteiger partial charge in [0.15, 0.2) is 0 Å². The molecule has 0 spiro atoms. The Morgan fingerprint density at radius 1 is 0.909 bits per heavy atom. The number of nitrogens with zero attached hydrogens (tertiary/aromatic N) is 2. The molecule has 7 heteroatoms. The van der Waals surface area contributed by atoms with E-state index in [-0.39, 0.29) is 0 Å². The van der Waals surface area contributed by atoms with Crippen molar-refractivity contribution in [3.63, 3.8) is 0 Å². The number of allylic oxidation sites excluding steroid dienone is 7. The van der Waals surface area contributed by atoms with Gasteiger partial charge in [0, 0.05) is 48.8 Å². The summed E-state index contributed by atoms with van der Waals surface area (Å²) in [6, 6.07) is 14.1. The summed E-state index contributed by atoms with van der Waals surface area (Å²) in [7, 11) is 0. The average Bonchev–Trinajstić information content (AvgIpc) is 3.96. The molecular weight excluding hydrogens is 633 g/mol. The third-order valence-corrected chi connectivity index (χ3v) is 14.3. The van der Waals surface area contributed by atoms with Crippen LogP contribution in [0, 0.1) is 0 Å². The van der Waals surface area contributed by atoms with Crippen molar-refractivity contribution in [2.24, 2.45) is 0 Å². The summed E-state index contributed by atoms with van der Waals surface area (Å²) in [5.41, 5.74) is 5.69. The zero-order valence-electron chi connectivity index (χ0n) is 25.9. The molecule has 2 nitrogen and oxygen atoms in total. The highest BCUT2D eigenvalue weighted by Crippen LogP contribution is 2.49. The maximum Gasteiger partial charge on any atom is 0.262 e. The Labute approximate surface area is 284 Å². The van der Waals surface area contributed by atoms with Gasteiger partial charge in [-0.05, 0) is 113 Å². The second kappa shape index (κ2) is 13.9. The number of thioether (sulfide) groups is 4. The van der Waals surface area contributed by atoms with Gasteiger partial charge in [-0.25, -0.2) is 0 Å². The quantitative estimate of drug-likeness (QED) is 0.186. The average molecular weight is 674 g/mol. The molecule has 2 saturated carbocycles. The largest absolute Gasteiger partial charge is 0.335 e. The minimum absolute atomic E-state index is 0.839. The molecule has 2 heterocycles. The second-order valence-corrected chi connectivity index (χ2v) is 17.4. The Kier molecular flexibility index (Phi) is 9.77. The molecule has 2 fully saturated rings. The highest BCUT2D eigenvalue weighted by molar-refractivity contribution is 8.03. The van der Waals surface area contributed by atoms with Crippen LogP contribution in [0.2, 0.25) is 0 Å². The van der Waals surface area contributed by atoms with Crippen LogP contribution in [-0.4, -0.2) is 23.3 Å². The summed E-state index contributed by atoms with van der Waals surface area (Å²) in [5.74, 6) is 0. The molecule has 4 aliphatic rings. The molecule has 0 atom stereocenters. The lowest BCUT2D eigenvalue weighted by Gasteiger charge is -2.20. The number of aryl methyl sites for hydroxylation is 1. The maximum absolute atomic E-state index is 2.48. The Bertz CT molecular complexity index is 1700. The lowest BCUT2D eigenvalue weighted by molar-refractivity contribution is -0.665. The second-order valence-electron chi connectivity index (χ2n) is 11.8. The normalized spacial score (nSPS) is 20.8. The van der Waals surface area contributed by atoms with Crippen molar-refractivity contribution in [2.45, 2.75) is 90.5 Å². The van der Waals surface area contributed by atoms with Crippen LogP contribution in [0.3, 0.4) is 0 Å². The van der Waals surface area contributed by atoms with E-state index in [1.165, 1.54) is 88.8 Å². The lowest BCUT2D eigenvalue weighted by atomic mass is 9.94. The number of benzene rings is 2. The van der Waals surface area contributed by atoms with E-state index in [2.05, 4.69) is 126 Å².